The predicted molar refractivity (Wildman–Crippen MR) is 99.7 cm³/mol. The van der Waals surface area contributed by atoms with E-state index in [9.17, 15) is 14.0 Å². The van der Waals surface area contributed by atoms with Gasteiger partial charge < -0.3 is 15.4 Å². The van der Waals surface area contributed by atoms with Gasteiger partial charge >= 0.3 is 0 Å². The minimum Gasteiger partial charge on any atom is -0.474 e. The average Bonchev–Trinajstić information content (AvgIpc) is 2.65. The monoisotopic (exact) mass is 367 g/mol. The number of benzene rings is 2. The maximum absolute atomic E-state index is 13.4. The highest BCUT2D eigenvalue weighted by molar-refractivity contribution is 5.99. The van der Waals surface area contributed by atoms with Crippen molar-refractivity contribution in [1.29, 1.82) is 5.26 Å². The number of anilines is 2. The summed E-state index contributed by atoms with van der Waals surface area (Å²) in [4.78, 5) is 23.5. The fraction of sp³-hybridized carbons (Fsp3) is 0.150. The summed E-state index contributed by atoms with van der Waals surface area (Å²) in [6.45, 7) is 4.89. The van der Waals surface area contributed by atoms with Crippen LogP contribution in [0.15, 0.2) is 55.1 Å². The zero-order valence-electron chi connectivity index (χ0n) is 14.7. The number of rotatable bonds is 7. The van der Waals surface area contributed by atoms with E-state index in [0.29, 0.717) is 5.69 Å². The van der Waals surface area contributed by atoms with Crippen molar-refractivity contribution in [1.82, 2.24) is 0 Å². The largest absolute Gasteiger partial charge is 0.474 e. The Morgan fingerprint density at radius 1 is 1.26 bits per heavy atom. The van der Waals surface area contributed by atoms with Crippen LogP contribution in [0.4, 0.5) is 15.8 Å². The first-order chi connectivity index (χ1) is 12.9. The zero-order valence-corrected chi connectivity index (χ0v) is 14.7. The molecule has 0 saturated carbocycles. The summed E-state index contributed by atoms with van der Waals surface area (Å²) < 4.78 is 18.8. The molecule has 1 unspecified atom stereocenters. The summed E-state index contributed by atoms with van der Waals surface area (Å²) in [5.41, 5.74) is 1.58. The number of nitriles is 1. The number of ether oxygens (including phenoxy) is 1. The molecule has 1 atom stereocenters. The lowest BCUT2D eigenvalue weighted by Gasteiger charge is -2.14. The van der Waals surface area contributed by atoms with E-state index in [-0.39, 0.29) is 29.7 Å². The summed E-state index contributed by atoms with van der Waals surface area (Å²) >= 11 is 0. The van der Waals surface area contributed by atoms with Gasteiger partial charge in [0.1, 0.15) is 17.6 Å². The Kier molecular flexibility index (Phi) is 6.67. The Balaban J connectivity index is 2.04. The third kappa shape index (κ3) is 5.97. The molecule has 2 N–H and O–H groups in total. The number of hydrogen-bond acceptors (Lipinski definition) is 4. The van der Waals surface area contributed by atoms with Gasteiger partial charge in [-0.1, -0.05) is 18.7 Å². The fourth-order valence-electron chi connectivity index (χ4n) is 2.19. The molecule has 2 amide bonds. The molecular weight excluding hydrogens is 349 g/mol. The predicted octanol–water partition coefficient (Wildman–Crippen LogP) is 3.42. The van der Waals surface area contributed by atoms with Gasteiger partial charge in [0, 0.05) is 11.8 Å². The van der Waals surface area contributed by atoms with E-state index in [1.165, 1.54) is 19.1 Å². The molecule has 0 aliphatic rings. The number of hydrogen-bond donors (Lipinski definition) is 2. The van der Waals surface area contributed by atoms with Crippen molar-refractivity contribution in [2.75, 3.05) is 10.6 Å². The molecule has 0 bridgehead atoms. The highest BCUT2D eigenvalue weighted by Crippen LogP contribution is 2.26. The highest BCUT2D eigenvalue weighted by Gasteiger charge is 2.12. The molecule has 0 heterocycles. The highest BCUT2D eigenvalue weighted by atomic mass is 19.1. The molecule has 0 saturated heterocycles. The van der Waals surface area contributed by atoms with Crippen LogP contribution in [0.25, 0.3) is 0 Å². The van der Waals surface area contributed by atoms with Crippen LogP contribution in [0.1, 0.15) is 12.5 Å². The van der Waals surface area contributed by atoms with Crippen molar-refractivity contribution >= 4 is 23.2 Å². The van der Waals surface area contributed by atoms with Crippen molar-refractivity contribution in [3.05, 3.63) is 66.5 Å². The molecule has 2 aromatic carbocycles. The minimum atomic E-state index is -0.791. The Hall–Kier alpha value is -3.66. The van der Waals surface area contributed by atoms with Gasteiger partial charge in [0.2, 0.25) is 11.8 Å². The Bertz CT molecular complexity index is 888. The summed E-state index contributed by atoms with van der Waals surface area (Å²) in [7, 11) is 0. The van der Waals surface area contributed by atoms with Crippen molar-refractivity contribution in [3.63, 3.8) is 0 Å². The lowest BCUT2D eigenvalue weighted by molar-refractivity contribution is -0.115. The quantitative estimate of drug-likeness (QED) is 0.734. The van der Waals surface area contributed by atoms with Gasteiger partial charge in [-0.15, -0.1) is 0 Å². The lowest BCUT2D eigenvalue weighted by atomic mass is 10.1. The van der Waals surface area contributed by atoms with Gasteiger partial charge in [0.15, 0.2) is 6.10 Å². The second kappa shape index (κ2) is 9.15. The molecule has 7 heteroatoms. The normalized spacial score (nSPS) is 11.0. The third-order valence-corrected chi connectivity index (χ3v) is 3.47. The molecule has 0 aromatic heterocycles. The minimum absolute atomic E-state index is 0.0697. The van der Waals surface area contributed by atoms with E-state index < -0.39 is 11.9 Å². The number of amides is 2. The van der Waals surface area contributed by atoms with E-state index in [2.05, 4.69) is 17.2 Å². The van der Waals surface area contributed by atoms with Crippen molar-refractivity contribution in [2.45, 2.75) is 19.4 Å². The Morgan fingerprint density at radius 3 is 2.59 bits per heavy atom. The average molecular weight is 367 g/mol. The summed E-state index contributed by atoms with van der Waals surface area (Å²) in [5.74, 6) is -1.11. The molecule has 0 fully saturated rings. The van der Waals surface area contributed by atoms with Crippen LogP contribution in [0.3, 0.4) is 0 Å². The van der Waals surface area contributed by atoms with E-state index >= 15 is 0 Å². The van der Waals surface area contributed by atoms with Gasteiger partial charge in [-0.2, -0.15) is 5.26 Å². The van der Waals surface area contributed by atoms with Crippen LogP contribution in [0.2, 0.25) is 0 Å². The molecule has 0 spiro atoms. The van der Waals surface area contributed by atoms with Gasteiger partial charge in [0.05, 0.1) is 12.1 Å². The maximum atomic E-state index is 13.4. The smallest absolute Gasteiger partial charge is 0.247 e. The van der Waals surface area contributed by atoms with Gasteiger partial charge in [0.25, 0.3) is 0 Å². The summed E-state index contributed by atoms with van der Waals surface area (Å²) in [5, 5.41) is 14.1. The summed E-state index contributed by atoms with van der Waals surface area (Å²) in [6, 6.07) is 12.3. The van der Waals surface area contributed by atoms with Crippen LogP contribution >= 0.6 is 0 Å². The number of nitrogens with zero attached hydrogens (tertiary/aromatic N) is 1. The topological polar surface area (TPSA) is 91.2 Å². The van der Waals surface area contributed by atoms with Gasteiger partial charge in [-0.25, -0.2) is 4.39 Å². The third-order valence-electron chi connectivity index (χ3n) is 3.47. The van der Waals surface area contributed by atoms with E-state index in [4.69, 9.17) is 10.00 Å². The van der Waals surface area contributed by atoms with Crippen LogP contribution in [0.5, 0.6) is 5.75 Å². The molecule has 0 aliphatic heterocycles. The van der Waals surface area contributed by atoms with Gasteiger partial charge in [-0.3, -0.25) is 9.59 Å². The molecular formula is C20H18FN3O3. The van der Waals surface area contributed by atoms with Crippen molar-refractivity contribution in [2.24, 2.45) is 0 Å². The van der Waals surface area contributed by atoms with Crippen LogP contribution in [0, 0.1) is 17.1 Å². The van der Waals surface area contributed by atoms with E-state index in [1.54, 1.807) is 24.3 Å². The van der Waals surface area contributed by atoms with E-state index in [1.807, 2.05) is 6.07 Å². The van der Waals surface area contributed by atoms with E-state index in [0.717, 1.165) is 17.7 Å². The van der Waals surface area contributed by atoms with Crippen molar-refractivity contribution < 1.29 is 18.7 Å². The van der Waals surface area contributed by atoms with Crippen LogP contribution < -0.4 is 15.4 Å². The van der Waals surface area contributed by atoms with Crippen molar-refractivity contribution in [3.8, 4) is 11.8 Å². The second-order valence-electron chi connectivity index (χ2n) is 5.64. The fourth-order valence-corrected chi connectivity index (χ4v) is 2.19. The molecule has 0 aliphatic carbocycles. The number of carbonyl (C=O) groups excluding carboxylic acids is 2. The summed E-state index contributed by atoms with van der Waals surface area (Å²) in [6.07, 6.45) is 0.442. The zero-order chi connectivity index (χ0) is 19.8. The number of halogens is 1. The lowest BCUT2D eigenvalue weighted by Crippen LogP contribution is -2.17. The molecule has 27 heavy (non-hydrogen) atoms. The number of nitrogens with one attached hydrogen (secondary N) is 2. The molecule has 138 valence electrons. The molecule has 6 nitrogen and oxygen atoms in total. The Morgan fingerprint density at radius 2 is 1.96 bits per heavy atom. The second-order valence-corrected chi connectivity index (χ2v) is 5.64. The standard InChI is InChI=1S/C20H18FN3O3/c1-3-19(25)23-16-7-4-14(5-8-16)10-20(26)24-17-9-6-15(21)11-18(17)27-13(2)12-22/h3-9,11,13H,1,10H2,2H3,(H,23,25)(H,24,26). The van der Waals surface area contributed by atoms with Gasteiger partial charge in [-0.05, 0) is 42.8 Å². The molecule has 2 rings (SSSR count). The van der Waals surface area contributed by atoms with Crippen LogP contribution in [-0.4, -0.2) is 17.9 Å². The number of carbonyl (C=O) groups is 2. The molecule has 0 radical (unpaired) electrons. The molecule has 2 aromatic rings. The Labute approximate surface area is 156 Å². The first-order valence-corrected chi connectivity index (χ1v) is 8.09. The van der Waals surface area contributed by atoms with Crippen LogP contribution in [-0.2, 0) is 16.0 Å². The first kappa shape index (κ1) is 19.7. The SMILES string of the molecule is C=CC(=O)Nc1ccc(CC(=O)Nc2ccc(F)cc2OC(C)C#N)cc1. The maximum Gasteiger partial charge on any atom is 0.247 e. The first-order valence-electron chi connectivity index (χ1n) is 8.09.